The predicted molar refractivity (Wildman–Crippen MR) is 121 cm³/mol. The van der Waals surface area contributed by atoms with Crippen LogP contribution in [0.25, 0.3) is 10.6 Å². The standard InChI is InChI=1S/C24H18ClFN2O2S/c25-19-8-4-16(5-9-19)14-30-21-10-6-18(7-11-21)24-28-22(15-31-24)23(29)27-13-17-2-1-3-20(26)12-17/h1-12,15H,13-14H2,(H,27,29). The Morgan fingerprint density at radius 2 is 1.81 bits per heavy atom. The van der Waals surface area contributed by atoms with Crippen LogP contribution in [0, 0.1) is 5.82 Å². The Morgan fingerprint density at radius 1 is 1.03 bits per heavy atom. The summed E-state index contributed by atoms with van der Waals surface area (Å²) in [6, 6.07) is 21.2. The van der Waals surface area contributed by atoms with Gasteiger partial charge in [0, 0.05) is 22.5 Å². The number of rotatable bonds is 7. The second kappa shape index (κ2) is 9.73. The molecule has 0 spiro atoms. The molecule has 3 aromatic carbocycles. The lowest BCUT2D eigenvalue weighted by molar-refractivity contribution is 0.0946. The van der Waals surface area contributed by atoms with Crippen molar-refractivity contribution in [3.8, 4) is 16.3 Å². The van der Waals surface area contributed by atoms with Gasteiger partial charge in [0.1, 0.15) is 28.9 Å². The average Bonchev–Trinajstić information content (AvgIpc) is 3.28. The monoisotopic (exact) mass is 452 g/mol. The van der Waals surface area contributed by atoms with Crippen LogP contribution >= 0.6 is 22.9 Å². The molecular formula is C24H18ClFN2O2S. The van der Waals surface area contributed by atoms with Crippen molar-refractivity contribution in [1.82, 2.24) is 10.3 Å². The summed E-state index contributed by atoms with van der Waals surface area (Å²) in [5.41, 5.74) is 2.95. The first kappa shape index (κ1) is 21.0. The van der Waals surface area contributed by atoms with E-state index >= 15 is 0 Å². The second-order valence-electron chi connectivity index (χ2n) is 6.79. The number of nitrogens with zero attached hydrogens (tertiary/aromatic N) is 1. The van der Waals surface area contributed by atoms with E-state index in [1.54, 1.807) is 17.5 Å². The van der Waals surface area contributed by atoms with Crippen LogP contribution in [0.5, 0.6) is 5.75 Å². The minimum Gasteiger partial charge on any atom is -0.489 e. The highest BCUT2D eigenvalue weighted by molar-refractivity contribution is 7.13. The van der Waals surface area contributed by atoms with Crippen molar-refractivity contribution in [2.75, 3.05) is 0 Å². The van der Waals surface area contributed by atoms with Gasteiger partial charge >= 0.3 is 0 Å². The number of halogens is 2. The second-order valence-corrected chi connectivity index (χ2v) is 8.08. The first-order chi connectivity index (χ1) is 15.1. The summed E-state index contributed by atoms with van der Waals surface area (Å²) in [4.78, 5) is 16.8. The molecule has 0 aliphatic heterocycles. The van der Waals surface area contributed by atoms with Gasteiger partial charge in [-0.25, -0.2) is 9.37 Å². The molecule has 0 radical (unpaired) electrons. The minimum absolute atomic E-state index is 0.239. The summed E-state index contributed by atoms with van der Waals surface area (Å²) in [6.07, 6.45) is 0. The quantitative estimate of drug-likeness (QED) is 0.368. The molecule has 7 heteroatoms. The minimum atomic E-state index is -0.330. The lowest BCUT2D eigenvalue weighted by Gasteiger charge is -2.07. The molecule has 1 amide bonds. The number of hydrogen-bond donors (Lipinski definition) is 1. The smallest absolute Gasteiger partial charge is 0.271 e. The molecule has 0 aliphatic carbocycles. The van der Waals surface area contributed by atoms with Gasteiger partial charge in [0.2, 0.25) is 0 Å². The Labute approximate surface area is 188 Å². The zero-order chi connectivity index (χ0) is 21.6. The van der Waals surface area contributed by atoms with E-state index in [4.69, 9.17) is 16.3 Å². The highest BCUT2D eigenvalue weighted by atomic mass is 35.5. The number of amides is 1. The van der Waals surface area contributed by atoms with Gasteiger partial charge in [0.05, 0.1) is 0 Å². The van der Waals surface area contributed by atoms with E-state index < -0.39 is 0 Å². The first-order valence-corrected chi connectivity index (χ1v) is 10.8. The fraction of sp³-hybridized carbons (Fsp3) is 0.0833. The van der Waals surface area contributed by atoms with Gasteiger partial charge in [-0.2, -0.15) is 0 Å². The summed E-state index contributed by atoms with van der Waals surface area (Å²) in [5.74, 6) is 0.112. The molecule has 1 aromatic heterocycles. The molecule has 4 nitrogen and oxygen atoms in total. The van der Waals surface area contributed by atoms with Gasteiger partial charge in [-0.05, 0) is 59.7 Å². The van der Waals surface area contributed by atoms with Gasteiger partial charge in [0.25, 0.3) is 5.91 Å². The first-order valence-electron chi connectivity index (χ1n) is 9.53. The lowest BCUT2D eigenvalue weighted by Crippen LogP contribution is -2.23. The topological polar surface area (TPSA) is 51.2 Å². The molecule has 1 heterocycles. The highest BCUT2D eigenvalue weighted by Gasteiger charge is 2.12. The maximum atomic E-state index is 13.2. The number of hydrogen-bond acceptors (Lipinski definition) is 4. The third kappa shape index (κ3) is 5.69. The van der Waals surface area contributed by atoms with E-state index in [1.807, 2.05) is 48.5 Å². The molecule has 1 N–H and O–H groups in total. The van der Waals surface area contributed by atoms with Crippen molar-refractivity contribution >= 4 is 28.8 Å². The van der Waals surface area contributed by atoms with E-state index in [0.717, 1.165) is 21.9 Å². The number of benzene rings is 3. The molecule has 4 aromatic rings. The van der Waals surface area contributed by atoms with E-state index in [1.165, 1.54) is 23.5 Å². The molecule has 0 unspecified atom stereocenters. The van der Waals surface area contributed by atoms with E-state index in [-0.39, 0.29) is 18.3 Å². The van der Waals surface area contributed by atoms with Crippen LogP contribution in [0.4, 0.5) is 4.39 Å². The molecule has 0 bridgehead atoms. The zero-order valence-corrected chi connectivity index (χ0v) is 17.9. The van der Waals surface area contributed by atoms with Crippen LogP contribution < -0.4 is 10.1 Å². The maximum Gasteiger partial charge on any atom is 0.271 e. The zero-order valence-electron chi connectivity index (χ0n) is 16.3. The van der Waals surface area contributed by atoms with Crippen LogP contribution in [0.1, 0.15) is 21.6 Å². The van der Waals surface area contributed by atoms with Gasteiger partial charge in [-0.1, -0.05) is 35.9 Å². The van der Waals surface area contributed by atoms with E-state index in [0.29, 0.717) is 22.9 Å². The molecule has 0 saturated carbocycles. The van der Waals surface area contributed by atoms with Crippen LogP contribution in [-0.4, -0.2) is 10.9 Å². The average molecular weight is 453 g/mol. The fourth-order valence-electron chi connectivity index (χ4n) is 2.87. The normalized spacial score (nSPS) is 10.6. The van der Waals surface area contributed by atoms with Crippen molar-refractivity contribution in [3.05, 3.63) is 106 Å². The van der Waals surface area contributed by atoms with E-state index in [9.17, 15) is 9.18 Å². The van der Waals surface area contributed by atoms with Crippen LogP contribution in [0.2, 0.25) is 5.02 Å². The third-order valence-corrected chi connectivity index (χ3v) is 5.64. The Kier molecular flexibility index (Phi) is 6.60. The van der Waals surface area contributed by atoms with Gasteiger partial charge in [-0.15, -0.1) is 11.3 Å². The summed E-state index contributed by atoms with van der Waals surface area (Å²) in [6.45, 7) is 0.687. The number of thiazole rings is 1. The predicted octanol–water partition coefficient (Wildman–Crippen LogP) is 6.11. The van der Waals surface area contributed by atoms with E-state index in [2.05, 4.69) is 10.3 Å². The lowest BCUT2D eigenvalue weighted by atomic mass is 10.2. The highest BCUT2D eigenvalue weighted by Crippen LogP contribution is 2.26. The Hall–Kier alpha value is -3.22. The molecule has 0 fully saturated rings. The van der Waals surface area contributed by atoms with Gasteiger partial charge < -0.3 is 10.1 Å². The SMILES string of the molecule is O=C(NCc1cccc(F)c1)c1csc(-c2ccc(OCc3ccc(Cl)cc3)cc2)n1. The Balaban J connectivity index is 1.34. The summed E-state index contributed by atoms with van der Waals surface area (Å²) in [7, 11) is 0. The Bertz CT molecular complexity index is 1180. The molecule has 0 atom stereocenters. The van der Waals surface area contributed by atoms with Gasteiger partial charge in [0.15, 0.2) is 0 Å². The third-order valence-electron chi connectivity index (χ3n) is 4.50. The summed E-state index contributed by atoms with van der Waals surface area (Å²) < 4.78 is 19.0. The number of carbonyl (C=O) groups excluding carboxylic acids is 1. The van der Waals surface area contributed by atoms with Crippen molar-refractivity contribution in [1.29, 1.82) is 0 Å². The fourth-order valence-corrected chi connectivity index (χ4v) is 3.80. The van der Waals surface area contributed by atoms with Crippen LogP contribution in [0.3, 0.4) is 0 Å². The maximum absolute atomic E-state index is 13.2. The molecule has 4 rings (SSSR count). The van der Waals surface area contributed by atoms with Crippen molar-refractivity contribution in [2.45, 2.75) is 13.2 Å². The summed E-state index contributed by atoms with van der Waals surface area (Å²) in [5, 5.41) is 5.90. The van der Waals surface area contributed by atoms with Crippen molar-refractivity contribution in [2.24, 2.45) is 0 Å². The van der Waals surface area contributed by atoms with Crippen LogP contribution in [-0.2, 0) is 13.2 Å². The number of nitrogens with one attached hydrogen (secondary N) is 1. The van der Waals surface area contributed by atoms with Gasteiger partial charge in [-0.3, -0.25) is 4.79 Å². The van der Waals surface area contributed by atoms with Crippen LogP contribution in [0.15, 0.2) is 78.2 Å². The number of carbonyl (C=O) groups is 1. The molecule has 156 valence electrons. The molecule has 31 heavy (non-hydrogen) atoms. The molecule has 0 saturated heterocycles. The number of ether oxygens (including phenoxy) is 1. The number of aromatic nitrogens is 1. The molecule has 0 aliphatic rings. The van der Waals surface area contributed by atoms with Crippen molar-refractivity contribution < 1.29 is 13.9 Å². The van der Waals surface area contributed by atoms with Crippen molar-refractivity contribution in [3.63, 3.8) is 0 Å². The largest absolute Gasteiger partial charge is 0.489 e. The Morgan fingerprint density at radius 3 is 2.55 bits per heavy atom. The summed E-state index contributed by atoms with van der Waals surface area (Å²) >= 11 is 7.28. The molecular weight excluding hydrogens is 435 g/mol.